The summed E-state index contributed by atoms with van der Waals surface area (Å²) in [6.07, 6.45) is 5.98. The van der Waals surface area contributed by atoms with E-state index in [1.807, 2.05) is 12.1 Å². The summed E-state index contributed by atoms with van der Waals surface area (Å²) in [6, 6.07) is 8.93. The number of quaternary nitrogens is 2. The number of hydrogen-bond donors (Lipinski definition) is 4. The van der Waals surface area contributed by atoms with Crippen LogP contribution in [0.4, 0.5) is 4.79 Å². The largest absolute Gasteiger partial charge is 0.497 e. The van der Waals surface area contributed by atoms with Crippen LogP contribution in [0.2, 0.25) is 0 Å². The van der Waals surface area contributed by atoms with Gasteiger partial charge in [-0.25, -0.2) is 4.79 Å². The van der Waals surface area contributed by atoms with Crippen molar-refractivity contribution in [2.75, 3.05) is 46.9 Å². The number of rotatable bonds is 6. The van der Waals surface area contributed by atoms with Gasteiger partial charge in [-0.05, 0) is 37.1 Å². The Balaban J connectivity index is 1.60. The molecule has 0 radical (unpaired) electrons. The Hall–Kier alpha value is -1.79. The molecule has 27 heavy (non-hydrogen) atoms. The van der Waals surface area contributed by atoms with E-state index in [0.29, 0.717) is 12.6 Å². The molecule has 150 valence electrons. The average molecular weight is 377 g/mol. The maximum absolute atomic E-state index is 12.4. The van der Waals surface area contributed by atoms with Crippen molar-refractivity contribution in [1.29, 1.82) is 0 Å². The van der Waals surface area contributed by atoms with Crippen LogP contribution in [-0.2, 0) is 0 Å². The molecular formula is C21H36N4O2+2. The molecule has 1 aromatic rings. The number of carbonyl (C=O) groups excluding carboxylic acids is 1. The lowest BCUT2D eigenvalue weighted by atomic mass is 9.96. The maximum Gasteiger partial charge on any atom is 0.315 e. The van der Waals surface area contributed by atoms with Crippen LogP contribution in [0.15, 0.2) is 24.3 Å². The molecule has 1 aliphatic carbocycles. The first-order valence-corrected chi connectivity index (χ1v) is 10.5. The van der Waals surface area contributed by atoms with E-state index in [1.165, 1.54) is 37.9 Å². The van der Waals surface area contributed by atoms with Crippen molar-refractivity contribution in [2.45, 2.75) is 44.2 Å². The fourth-order valence-corrected chi connectivity index (χ4v) is 4.36. The molecule has 2 fully saturated rings. The second-order valence-corrected chi connectivity index (χ2v) is 8.13. The molecule has 0 spiro atoms. The van der Waals surface area contributed by atoms with Gasteiger partial charge in [0.05, 0.1) is 20.7 Å². The molecule has 1 saturated carbocycles. The van der Waals surface area contributed by atoms with Crippen LogP contribution in [0.5, 0.6) is 5.75 Å². The average Bonchev–Trinajstić information content (AvgIpc) is 2.70. The number of benzene rings is 1. The summed E-state index contributed by atoms with van der Waals surface area (Å²) in [6.45, 7) is 5.29. The summed E-state index contributed by atoms with van der Waals surface area (Å²) < 4.78 is 5.30. The van der Waals surface area contributed by atoms with E-state index in [2.05, 4.69) is 29.8 Å². The van der Waals surface area contributed by atoms with Gasteiger partial charge in [0.15, 0.2) is 0 Å². The number of carbonyl (C=O) groups is 1. The monoisotopic (exact) mass is 376 g/mol. The molecule has 1 saturated heterocycles. The van der Waals surface area contributed by atoms with Crippen LogP contribution in [-0.4, -0.2) is 59.0 Å². The van der Waals surface area contributed by atoms with Crippen LogP contribution in [0, 0.1) is 0 Å². The predicted molar refractivity (Wildman–Crippen MR) is 106 cm³/mol. The summed E-state index contributed by atoms with van der Waals surface area (Å²) in [5, 5.41) is 6.33. The highest BCUT2D eigenvalue weighted by Gasteiger charge is 2.30. The van der Waals surface area contributed by atoms with Crippen molar-refractivity contribution >= 4 is 6.03 Å². The Morgan fingerprint density at radius 2 is 1.78 bits per heavy atom. The van der Waals surface area contributed by atoms with Gasteiger partial charge in [-0.15, -0.1) is 0 Å². The van der Waals surface area contributed by atoms with Crippen LogP contribution < -0.4 is 25.2 Å². The van der Waals surface area contributed by atoms with Gasteiger partial charge in [0.25, 0.3) is 0 Å². The molecule has 0 bridgehead atoms. The standard InChI is InChI=1S/C21H34N4O2/c1-24-12-14-25(15-13-24)20(17-8-10-19(27-2)11-9-17)16-22-21(26)23-18-6-4-3-5-7-18/h8-11,18,20H,3-7,12-16H2,1-2H3,(H2,22,23,26)/p+2/t20-/m1/s1. The minimum absolute atomic E-state index is 0.0143. The van der Waals surface area contributed by atoms with Crippen LogP contribution in [0.25, 0.3) is 0 Å². The Labute approximate surface area is 163 Å². The van der Waals surface area contributed by atoms with Crippen molar-refractivity contribution in [1.82, 2.24) is 10.6 Å². The number of urea groups is 1. The Bertz CT molecular complexity index is 578. The highest BCUT2D eigenvalue weighted by molar-refractivity contribution is 5.74. The quantitative estimate of drug-likeness (QED) is 0.555. The second kappa shape index (κ2) is 9.95. The Morgan fingerprint density at radius 1 is 1.11 bits per heavy atom. The van der Waals surface area contributed by atoms with Gasteiger partial charge in [-0.1, -0.05) is 19.3 Å². The van der Waals surface area contributed by atoms with Gasteiger partial charge in [0.2, 0.25) is 0 Å². The first kappa shape index (κ1) is 20.0. The summed E-state index contributed by atoms with van der Waals surface area (Å²) >= 11 is 0. The van der Waals surface area contributed by atoms with E-state index in [-0.39, 0.29) is 12.1 Å². The lowest BCUT2D eigenvalue weighted by Gasteiger charge is -2.34. The summed E-state index contributed by atoms with van der Waals surface area (Å²) in [4.78, 5) is 15.6. The molecule has 4 N–H and O–H groups in total. The SMILES string of the molecule is COc1ccc([C@@H](CNC(=O)NC2CCCCC2)[NH+]2CC[NH+](C)CC2)cc1. The van der Waals surface area contributed by atoms with Crippen LogP contribution in [0.1, 0.15) is 43.7 Å². The molecule has 0 aromatic heterocycles. The highest BCUT2D eigenvalue weighted by Crippen LogP contribution is 2.18. The zero-order chi connectivity index (χ0) is 19.1. The first-order valence-electron chi connectivity index (χ1n) is 10.5. The summed E-state index contributed by atoms with van der Waals surface area (Å²) in [7, 11) is 3.95. The molecule has 2 amide bonds. The van der Waals surface area contributed by atoms with E-state index in [9.17, 15) is 4.79 Å². The second-order valence-electron chi connectivity index (χ2n) is 8.13. The number of piperazine rings is 1. The topological polar surface area (TPSA) is 59.2 Å². The lowest BCUT2D eigenvalue weighted by molar-refractivity contribution is -1.02. The molecule has 1 heterocycles. The third-order valence-corrected chi connectivity index (χ3v) is 6.16. The molecule has 6 heteroatoms. The van der Waals surface area contributed by atoms with Crippen molar-refractivity contribution in [3.8, 4) is 5.75 Å². The molecule has 1 aliphatic heterocycles. The van der Waals surface area contributed by atoms with E-state index in [4.69, 9.17) is 4.74 Å². The van der Waals surface area contributed by atoms with E-state index in [0.717, 1.165) is 31.7 Å². The minimum atomic E-state index is -0.0143. The van der Waals surface area contributed by atoms with Crippen molar-refractivity contribution in [3.05, 3.63) is 29.8 Å². The third-order valence-electron chi connectivity index (χ3n) is 6.16. The molecule has 0 unspecified atom stereocenters. The number of amides is 2. The van der Waals surface area contributed by atoms with Gasteiger partial charge in [0, 0.05) is 11.6 Å². The van der Waals surface area contributed by atoms with Gasteiger partial charge in [-0.2, -0.15) is 0 Å². The highest BCUT2D eigenvalue weighted by atomic mass is 16.5. The van der Waals surface area contributed by atoms with E-state index in [1.54, 1.807) is 16.9 Å². The van der Waals surface area contributed by atoms with Gasteiger partial charge >= 0.3 is 6.03 Å². The van der Waals surface area contributed by atoms with Crippen molar-refractivity contribution < 1.29 is 19.3 Å². The minimum Gasteiger partial charge on any atom is -0.497 e. The third kappa shape index (κ3) is 5.84. The van der Waals surface area contributed by atoms with Gasteiger partial charge in [0.1, 0.15) is 38.0 Å². The lowest BCUT2D eigenvalue weighted by Crippen LogP contribution is -3.27. The number of ether oxygens (including phenoxy) is 1. The fourth-order valence-electron chi connectivity index (χ4n) is 4.36. The summed E-state index contributed by atoms with van der Waals surface area (Å²) in [5.74, 6) is 0.873. The van der Waals surface area contributed by atoms with Crippen LogP contribution in [0.3, 0.4) is 0 Å². The van der Waals surface area contributed by atoms with Gasteiger partial charge < -0.3 is 25.2 Å². The van der Waals surface area contributed by atoms with E-state index >= 15 is 0 Å². The number of methoxy groups -OCH3 is 1. The predicted octanol–water partition coefficient (Wildman–Crippen LogP) is -0.219. The van der Waals surface area contributed by atoms with Crippen molar-refractivity contribution in [2.24, 2.45) is 0 Å². The smallest absolute Gasteiger partial charge is 0.315 e. The number of nitrogens with one attached hydrogen (secondary N) is 4. The Morgan fingerprint density at radius 3 is 2.41 bits per heavy atom. The number of hydrogen-bond acceptors (Lipinski definition) is 2. The molecule has 6 nitrogen and oxygen atoms in total. The zero-order valence-corrected chi connectivity index (χ0v) is 16.9. The summed E-state index contributed by atoms with van der Waals surface area (Å²) in [5.41, 5.74) is 1.27. The first-order chi connectivity index (χ1) is 13.2. The molecule has 2 aliphatic rings. The van der Waals surface area contributed by atoms with Gasteiger partial charge in [-0.3, -0.25) is 0 Å². The van der Waals surface area contributed by atoms with E-state index < -0.39 is 0 Å². The molecule has 1 aromatic carbocycles. The molecule has 1 atom stereocenters. The molecular weight excluding hydrogens is 340 g/mol. The zero-order valence-electron chi connectivity index (χ0n) is 16.9. The maximum atomic E-state index is 12.4. The van der Waals surface area contributed by atoms with Crippen LogP contribution >= 0.6 is 0 Å². The Kier molecular flexibility index (Phi) is 7.35. The molecule has 3 rings (SSSR count). The fraction of sp³-hybridized carbons (Fsp3) is 0.667. The van der Waals surface area contributed by atoms with Crippen molar-refractivity contribution in [3.63, 3.8) is 0 Å². The normalized spacial score (nSPS) is 24.8. The number of likely N-dealkylation sites (N-methyl/N-ethyl adjacent to an activating group) is 1.